The van der Waals surface area contributed by atoms with Crippen LogP contribution >= 0.6 is 11.3 Å². The van der Waals surface area contributed by atoms with Gasteiger partial charge in [-0.2, -0.15) is 10.2 Å². The van der Waals surface area contributed by atoms with Crippen LogP contribution < -0.4 is 0 Å². The minimum absolute atomic E-state index is 0.476. The Morgan fingerprint density at radius 1 is 1.54 bits per heavy atom. The smallest absolute Gasteiger partial charge is 0.268 e. The van der Waals surface area contributed by atoms with Crippen molar-refractivity contribution in [2.24, 2.45) is 0 Å². The SMILES string of the molecule is Cc1noc(-c2ccc(C#N)s2)n1. The predicted molar refractivity (Wildman–Crippen MR) is 47.1 cm³/mol. The van der Waals surface area contributed by atoms with E-state index < -0.39 is 0 Å². The number of aromatic nitrogens is 2. The Morgan fingerprint density at radius 2 is 2.38 bits per heavy atom. The first-order chi connectivity index (χ1) is 6.29. The van der Waals surface area contributed by atoms with Gasteiger partial charge in [-0.25, -0.2) is 0 Å². The molecular weight excluding hydrogens is 186 g/mol. The van der Waals surface area contributed by atoms with Gasteiger partial charge in [0.25, 0.3) is 5.89 Å². The molecule has 0 saturated heterocycles. The number of nitrogens with zero attached hydrogens (tertiary/aromatic N) is 3. The summed E-state index contributed by atoms with van der Waals surface area (Å²) in [5, 5.41) is 12.3. The lowest BCUT2D eigenvalue weighted by Crippen LogP contribution is -1.71. The molecule has 0 bridgehead atoms. The Kier molecular flexibility index (Phi) is 1.83. The van der Waals surface area contributed by atoms with Crippen LogP contribution in [0.3, 0.4) is 0 Å². The van der Waals surface area contributed by atoms with Gasteiger partial charge < -0.3 is 4.52 Å². The fourth-order valence-electron chi connectivity index (χ4n) is 0.910. The molecule has 0 unspecified atom stereocenters. The highest BCUT2D eigenvalue weighted by molar-refractivity contribution is 7.15. The lowest BCUT2D eigenvalue weighted by atomic mass is 10.4. The number of rotatable bonds is 1. The van der Waals surface area contributed by atoms with Crippen LogP contribution in [0.25, 0.3) is 10.8 Å². The number of aryl methyl sites for hydroxylation is 1. The maximum atomic E-state index is 8.60. The number of hydrogen-bond donors (Lipinski definition) is 0. The van der Waals surface area contributed by atoms with E-state index in [1.807, 2.05) is 0 Å². The highest BCUT2D eigenvalue weighted by Gasteiger charge is 2.08. The van der Waals surface area contributed by atoms with E-state index in [4.69, 9.17) is 9.78 Å². The van der Waals surface area contributed by atoms with Crippen molar-refractivity contribution in [1.82, 2.24) is 10.1 Å². The van der Waals surface area contributed by atoms with Gasteiger partial charge in [-0.1, -0.05) is 5.16 Å². The van der Waals surface area contributed by atoms with E-state index in [2.05, 4.69) is 16.2 Å². The molecule has 5 heteroatoms. The van der Waals surface area contributed by atoms with Crippen molar-refractivity contribution >= 4 is 11.3 Å². The second-order valence-corrected chi connectivity index (χ2v) is 3.51. The molecule has 0 fully saturated rings. The lowest BCUT2D eigenvalue weighted by molar-refractivity contribution is 0.426. The first-order valence-electron chi connectivity index (χ1n) is 3.60. The van der Waals surface area contributed by atoms with Gasteiger partial charge in [0, 0.05) is 0 Å². The van der Waals surface area contributed by atoms with Gasteiger partial charge in [-0.05, 0) is 19.1 Å². The monoisotopic (exact) mass is 191 g/mol. The Balaban J connectivity index is 2.42. The van der Waals surface area contributed by atoms with Crippen molar-refractivity contribution in [3.63, 3.8) is 0 Å². The molecule has 0 aliphatic rings. The quantitative estimate of drug-likeness (QED) is 0.691. The minimum atomic E-state index is 0.476. The van der Waals surface area contributed by atoms with Gasteiger partial charge in [-0.3, -0.25) is 0 Å². The standard InChI is InChI=1S/C8H5N3OS/c1-5-10-8(12-11-5)7-3-2-6(4-9)13-7/h2-3H,1H3. The molecule has 0 radical (unpaired) electrons. The average Bonchev–Trinajstić information content (AvgIpc) is 2.71. The van der Waals surface area contributed by atoms with Crippen LogP contribution in [0.15, 0.2) is 16.7 Å². The molecule has 0 atom stereocenters. The molecule has 0 saturated carbocycles. The second kappa shape index (κ2) is 2.99. The Hall–Kier alpha value is -1.67. The van der Waals surface area contributed by atoms with Gasteiger partial charge in [0.15, 0.2) is 5.82 Å². The highest BCUT2D eigenvalue weighted by atomic mass is 32.1. The molecule has 0 aromatic carbocycles. The minimum Gasteiger partial charge on any atom is -0.333 e. The van der Waals surface area contributed by atoms with Crippen molar-refractivity contribution in [3.8, 4) is 16.8 Å². The van der Waals surface area contributed by atoms with Crippen LogP contribution in [-0.2, 0) is 0 Å². The van der Waals surface area contributed by atoms with Gasteiger partial charge in [0.1, 0.15) is 10.9 Å². The molecule has 2 aromatic rings. The number of hydrogen-bond acceptors (Lipinski definition) is 5. The van der Waals surface area contributed by atoms with Crippen LogP contribution in [-0.4, -0.2) is 10.1 Å². The summed E-state index contributed by atoms with van der Waals surface area (Å²) in [5.74, 6) is 1.07. The molecule has 2 heterocycles. The van der Waals surface area contributed by atoms with Crippen molar-refractivity contribution < 1.29 is 4.52 Å². The van der Waals surface area contributed by atoms with E-state index in [1.54, 1.807) is 19.1 Å². The third-order valence-electron chi connectivity index (χ3n) is 1.45. The highest BCUT2D eigenvalue weighted by Crippen LogP contribution is 2.25. The van der Waals surface area contributed by atoms with Crippen LogP contribution in [0.1, 0.15) is 10.7 Å². The van der Waals surface area contributed by atoms with Crippen LogP contribution in [0.2, 0.25) is 0 Å². The molecule has 2 aromatic heterocycles. The van der Waals surface area contributed by atoms with Gasteiger partial charge in [0.2, 0.25) is 0 Å². The molecule has 2 rings (SSSR count). The fraction of sp³-hybridized carbons (Fsp3) is 0.125. The molecule has 0 aliphatic carbocycles. The molecule has 0 spiro atoms. The molecule has 4 nitrogen and oxygen atoms in total. The lowest BCUT2D eigenvalue weighted by Gasteiger charge is -1.81. The molecular formula is C8H5N3OS. The Morgan fingerprint density at radius 3 is 2.92 bits per heavy atom. The first kappa shape index (κ1) is 7.95. The van der Waals surface area contributed by atoms with E-state index in [0.29, 0.717) is 16.6 Å². The van der Waals surface area contributed by atoms with Crippen molar-refractivity contribution in [2.75, 3.05) is 0 Å². The average molecular weight is 191 g/mol. The summed E-state index contributed by atoms with van der Waals surface area (Å²) in [6.45, 7) is 1.76. The zero-order valence-corrected chi connectivity index (χ0v) is 7.63. The summed E-state index contributed by atoms with van der Waals surface area (Å²) in [6.07, 6.45) is 0. The summed E-state index contributed by atoms with van der Waals surface area (Å²) < 4.78 is 4.95. The molecule has 0 amide bonds. The first-order valence-corrected chi connectivity index (χ1v) is 4.42. The van der Waals surface area contributed by atoms with Crippen molar-refractivity contribution in [2.45, 2.75) is 6.92 Å². The third-order valence-corrected chi connectivity index (χ3v) is 2.43. The topological polar surface area (TPSA) is 62.7 Å². The summed E-state index contributed by atoms with van der Waals surface area (Å²) in [4.78, 5) is 5.53. The fourth-order valence-corrected chi connectivity index (χ4v) is 1.64. The van der Waals surface area contributed by atoms with E-state index in [0.717, 1.165) is 4.88 Å². The zero-order chi connectivity index (χ0) is 9.26. The van der Waals surface area contributed by atoms with Crippen LogP contribution in [0, 0.1) is 18.3 Å². The summed E-state index contributed by atoms with van der Waals surface area (Å²) in [5.41, 5.74) is 0. The maximum Gasteiger partial charge on any atom is 0.268 e. The van der Waals surface area contributed by atoms with Crippen LogP contribution in [0.5, 0.6) is 0 Å². The molecule has 64 valence electrons. The second-order valence-electron chi connectivity index (χ2n) is 2.42. The summed E-state index contributed by atoms with van der Waals surface area (Å²) in [6, 6.07) is 5.59. The third kappa shape index (κ3) is 1.44. The van der Waals surface area contributed by atoms with Gasteiger partial charge in [-0.15, -0.1) is 11.3 Å². The molecule has 0 N–H and O–H groups in total. The Labute approximate surface area is 78.4 Å². The normalized spacial score (nSPS) is 9.85. The zero-order valence-electron chi connectivity index (χ0n) is 6.81. The van der Waals surface area contributed by atoms with E-state index >= 15 is 0 Å². The number of nitriles is 1. The maximum absolute atomic E-state index is 8.60. The summed E-state index contributed by atoms with van der Waals surface area (Å²) in [7, 11) is 0. The van der Waals surface area contributed by atoms with E-state index in [9.17, 15) is 0 Å². The van der Waals surface area contributed by atoms with Crippen LogP contribution in [0.4, 0.5) is 0 Å². The summed E-state index contributed by atoms with van der Waals surface area (Å²) >= 11 is 1.34. The molecule has 0 aliphatic heterocycles. The predicted octanol–water partition coefficient (Wildman–Crippen LogP) is 1.98. The van der Waals surface area contributed by atoms with Crippen molar-refractivity contribution in [3.05, 3.63) is 22.8 Å². The van der Waals surface area contributed by atoms with Gasteiger partial charge >= 0.3 is 0 Å². The van der Waals surface area contributed by atoms with Gasteiger partial charge in [0.05, 0.1) is 4.88 Å². The Bertz CT molecular complexity index is 466. The largest absolute Gasteiger partial charge is 0.333 e. The van der Waals surface area contributed by atoms with E-state index in [1.165, 1.54) is 11.3 Å². The van der Waals surface area contributed by atoms with Crippen molar-refractivity contribution in [1.29, 1.82) is 5.26 Å². The number of thiophene rings is 1. The van der Waals surface area contributed by atoms with E-state index in [-0.39, 0.29) is 0 Å². The molecule has 13 heavy (non-hydrogen) atoms.